The molecule has 2 aliphatic rings. The highest BCUT2D eigenvalue weighted by atomic mass is 16.5. The molecule has 1 fully saturated rings. The summed E-state index contributed by atoms with van der Waals surface area (Å²) in [5.74, 6) is 0.901. The molecule has 1 aliphatic carbocycles. The first-order valence-electron chi connectivity index (χ1n) is 8.12. The minimum absolute atomic E-state index is 0.0165. The van der Waals surface area contributed by atoms with Crippen LogP contribution in [0.1, 0.15) is 36.5 Å². The molecule has 2 amide bonds. The molecule has 3 rings (SSSR count). The van der Waals surface area contributed by atoms with Gasteiger partial charge in [-0.05, 0) is 50.3 Å². The Labute approximate surface area is 135 Å². The average molecular weight is 318 g/mol. The molecule has 1 aromatic carbocycles. The quantitative estimate of drug-likeness (QED) is 0.840. The molecule has 23 heavy (non-hydrogen) atoms. The topological polar surface area (TPSA) is 76.7 Å². The van der Waals surface area contributed by atoms with E-state index in [1.807, 2.05) is 6.92 Å². The first-order chi connectivity index (χ1) is 11.2. The largest absolute Gasteiger partial charge is 0.482 e. The van der Waals surface area contributed by atoms with Crippen molar-refractivity contribution < 1.29 is 19.1 Å². The lowest BCUT2D eigenvalue weighted by molar-refractivity contribution is -0.118. The first-order valence-corrected chi connectivity index (χ1v) is 8.12. The Morgan fingerprint density at radius 1 is 1.43 bits per heavy atom. The molecule has 1 aliphatic heterocycles. The number of hydrogen-bond donors (Lipinski definition) is 2. The predicted molar refractivity (Wildman–Crippen MR) is 85.7 cm³/mol. The summed E-state index contributed by atoms with van der Waals surface area (Å²) in [6.45, 7) is 3.46. The number of fused-ring (bicyclic) bond motifs is 1. The Morgan fingerprint density at radius 2 is 2.26 bits per heavy atom. The Morgan fingerprint density at radius 3 is 3.04 bits per heavy atom. The molecule has 1 saturated carbocycles. The van der Waals surface area contributed by atoms with Crippen LogP contribution in [0.15, 0.2) is 18.2 Å². The second-order valence-electron chi connectivity index (χ2n) is 6.01. The number of carbonyl (C=O) groups excluding carboxylic acids is 2. The molecule has 0 radical (unpaired) electrons. The van der Waals surface area contributed by atoms with Crippen molar-refractivity contribution in [1.29, 1.82) is 0 Å². The highest BCUT2D eigenvalue weighted by molar-refractivity contribution is 5.99. The van der Waals surface area contributed by atoms with Crippen molar-refractivity contribution in [3.8, 4) is 5.75 Å². The van der Waals surface area contributed by atoms with Crippen molar-refractivity contribution in [2.24, 2.45) is 5.92 Å². The summed E-state index contributed by atoms with van der Waals surface area (Å²) in [5.41, 5.74) is 1.07. The highest BCUT2D eigenvalue weighted by Crippen LogP contribution is 2.32. The van der Waals surface area contributed by atoms with Crippen LogP contribution < -0.4 is 15.4 Å². The molecule has 0 bridgehead atoms. The maximum absolute atomic E-state index is 12.2. The van der Waals surface area contributed by atoms with E-state index in [9.17, 15) is 9.59 Å². The summed E-state index contributed by atoms with van der Waals surface area (Å²) in [6, 6.07) is 5.07. The van der Waals surface area contributed by atoms with E-state index in [2.05, 4.69) is 10.6 Å². The Balaban J connectivity index is 1.46. The molecule has 0 spiro atoms. The number of ether oxygens (including phenoxy) is 2. The van der Waals surface area contributed by atoms with E-state index >= 15 is 0 Å². The Bertz CT molecular complexity index is 596. The van der Waals surface area contributed by atoms with Gasteiger partial charge < -0.3 is 20.1 Å². The lowest BCUT2D eigenvalue weighted by atomic mass is 9.80. The third-order valence-corrected chi connectivity index (χ3v) is 4.31. The van der Waals surface area contributed by atoms with Crippen LogP contribution in [0.25, 0.3) is 0 Å². The molecule has 6 nitrogen and oxygen atoms in total. The number of benzene rings is 1. The van der Waals surface area contributed by atoms with E-state index in [0.717, 1.165) is 25.9 Å². The lowest BCUT2D eigenvalue weighted by Crippen LogP contribution is -2.34. The zero-order valence-electron chi connectivity index (χ0n) is 13.3. The van der Waals surface area contributed by atoms with Gasteiger partial charge in [-0.2, -0.15) is 0 Å². The van der Waals surface area contributed by atoms with Crippen molar-refractivity contribution in [1.82, 2.24) is 5.32 Å². The number of carbonyl (C=O) groups is 2. The molecule has 1 heterocycles. The van der Waals surface area contributed by atoms with Gasteiger partial charge in [0.2, 0.25) is 0 Å². The molecule has 0 aromatic heterocycles. The molecule has 2 N–H and O–H groups in total. The van der Waals surface area contributed by atoms with E-state index in [4.69, 9.17) is 9.47 Å². The van der Waals surface area contributed by atoms with Crippen LogP contribution >= 0.6 is 0 Å². The van der Waals surface area contributed by atoms with Crippen molar-refractivity contribution in [3.63, 3.8) is 0 Å². The minimum Gasteiger partial charge on any atom is -0.482 e. The Kier molecular flexibility index (Phi) is 4.81. The standard InChI is InChI=1S/C17H22N2O4/c1-2-22-13-7-11(8-13)5-6-18-17(21)12-3-4-15-14(9-12)19-16(20)10-23-15/h3-4,9,11,13H,2,5-8,10H2,1H3,(H,18,21)(H,19,20). The molecule has 0 atom stereocenters. The van der Waals surface area contributed by atoms with Gasteiger partial charge in [-0.15, -0.1) is 0 Å². The van der Waals surface area contributed by atoms with Gasteiger partial charge >= 0.3 is 0 Å². The molecule has 124 valence electrons. The van der Waals surface area contributed by atoms with Crippen LogP contribution in [0, 0.1) is 5.92 Å². The van der Waals surface area contributed by atoms with E-state index in [0.29, 0.717) is 35.6 Å². The average Bonchev–Trinajstić information content (AvgIpc) is 2.51. The van der Waals surface area contributed by atoms with Crippen molar-refractivity contribution in [2.75, 3.05) is 25.1 Å². The summed E-state index contributed by atoms with van der Waals surface area (Å²) in [4.78, 5) is 23.5. The minimum atomic E-state index is -0.205. The van der Waals surface area contributed by atoms with Gasteiger partial charge in [-0.1, -0.05) is 0 Å². The fourth-order valence-electron chi connectivity index (χ4n) is 3.00. The van der Waals surface area contributed by atoms with Crippen LogP contribution in [-0.4, -0.2) is 37.7 Å². The van der Waals surface area contributed by atoms with Crippen molar-refractivity contribution >= 4 is 17.5 Å². The van der Waals surface area contributed by atoms with E-state index < -0.39 is 0 Å². The zero-order chi connectivity index (χ0) is 16.2. The molecule has 0 saturated heterocycles. The van der Waals surface area contributed by atoms with Gasteiger partial charge in [0.05, 0.1) is 11.8 Å². The van der Waals surface area contributed by atoms with Gasteiger partial charge in [0, 0.05) is 18.7 Å². The normalized spacial score (nSPS) is 22.4. The van der Waals surface area contributed by atoms with E-state index in [-0.39, 0.29) is 18.4 Å². The predicted octanol–water partition coefficient (Wildman–Crippen LogP) is 1.95. The van der Waals surface area contributed by atoms with Crippen molar-refractivity contribution in [2.45, 2.75) is 32.3 Å². The maximum atomic E-state index is 12.2. The zero-order valence-corrected chi connectivity index (χ0v) is 13.3. The summed E-state index contributed by atoms with van der Waals surface area (Å²) >= 11 is 0. The first kappa shape index (κ1) is 15.8. The molecular formula is C17H22N2O4. The number of amides is 2. The molecular weight excluding hydrogens is 296 g/mol. The SMILES string of the molecule is CCOC1CC(CCNC(=O)c2ccc3c(c2)NC(=O)CO3)C1. The van der Waals surface area contributed by atoms with Gasteiger partial charge in [0.15, 0.2) is 6.61 Å². The number of nitrogens with one attached hydrogen (secondary N) is 2. The number of hydrogen-bond acceptors (Lipinski definition) is 4. The third kappa shape index (κ3) is 3.82. The van der Waals surface area contributed by atoms with E-state index in [1.54, 1.807) is 18.2 Å². The number of rotatable bonds is 6. The lowest BCUT2D eigenvalue weighted by Gasteiger charge is -2.34. The van der Waals surface area contributed by atoms with Gasteiger partial charge in [-0.25, -0.2) is 0 Å². The van der Waals surface area contributed by atoms with Crippen LogP contribution in [0.4, 0.5) is 5.69 Å². The van der Waals surface area contributed by atoms with Gasteiger partial charge in [-0.3, -0.25) is 9.59 Å². The van der Waals surface area contributed by atoms with Crippen LogP contribution in [-0.2, 0) is 9.53 Å². The highest BCUT2D eigenvalue weighted by Gasteiger charge is 2.29. The summed E-state index contributed by atoms with van der Waals surface area (Å²) in [5, 5.41) is 5.64. The van der Waals surface area contributed by atoms with Crippen LogP contribution in [0.5, 0.6) is 5.75 Å². The smallest absolute Gasteiger partial charge is 0.262 e. The second kappa shape index (κ2) is 7.00. The maximum Gasteiger partial charge on any atom is 0.262 e. The fourth-order valence-corrected chi connectivity index (χ4v) is 3.00. The monoisotopic (exact) mass is 318 g/mol. The molecule has 6 heteroatoms. The van der Waals surface area contributed by atoms with Crippen molar-refractivity contribution in [3.05, 3.63) is 23.8 Å². The fraction of sp³-hybridized carbons (Fsp3) is 0.529. The van der Waals surface area contributed by atoms with Gasteiger partial charge in [0.25, 0.3) is 11.8 Å². The summed E-state index contributed by atoms with van der Waals surface area (Å²) in [6.07, 6.45) is 3.56. The molecule has 1 aromatic rings. The Hall–Kier alpha value is -2.08. The van der Waals surface area contributed by atoms with E-state index in [1.165, 1.54) is 0 Å². The summed E-state index contributed by atoms with van der Waals surface area (Å²) < 4.78 is 10.8. The molecule has 0 unspecified atom stereocenters. The third-order valence-electron chi connectivity index (χ3n) is 4.31. The van der Waals surface area contributed by atoms with Crippen LogP contribution in [0.2, 0.25) is 0 Å². The van der Waals surface area contributed by atoms with Crippen LogP contribution in [0.3, 0.4) is 0 Å². The second-order valence-corrected chi connectivity index (χ2v) is 6.01. The number of anilines is 1. The summed E-state index contributed by atoms with van der Waals surface area (Å²) in [7, 11) is 0. The van der Waals surface area contributed by atoms with Gasteiger partial charge in [0.1, 0.15) is 5.75 Å².